The van der Waals surface area contributed by atoms with Gasteiger partial charge in [-0.1, -0.05) is 12.1 Å². The molecule has 1 aromatic rings. The Morgan fingerprint density at radius 2 is 1.94 bits per heavy atom. The summed E-state index contributed by atoms with van der Waals surface area (Å²) in [5, 5.41) is 2.67. The van der Waals surface area contributed by atoms with E-state index in [4.69, 9.17) is 10.5 Å². The minimum atomic E-state index is -0.467. The van der Waals surface area contributed by atoms with Crippen LogP contribution in [-0.2, 0) is 11.3 Å². The minimum absolute atomic E-state index is 0. The van der Waals surface area contributed by atoms with Gasteiger partial charge in [-0.3, -0.25) is 0 Å². The summed E-state index contributed by atoms with van der Waals surface area (Å²) in [6, 6.07) is 7.33. The molecule has 4 nitrogen and oxygen atoms in total. The normalized spacial score (nSPS) is 10.9. The van der Waals surface area contributed by atoms with E-state index < -0.39 is 11.7 Å². The van der Waals surface area contributed by atoms with Crippen molar-refractivity contribution in [2.45, 2.75) is 32.9 Å². The largest absolute Gasteiger partial charge is 0.444 e. The number of carbonyl (C=O) groups excluding carboxylic acids is 1. The fourth-order valence-electron chi connectivity index (χ4n) is 1.12. The summed E-state index contributed by atoms with van der Waals surface area (Å²) in [5.41, 5.74) is 6.78. The number of nitrogens with one attached hydrogen (secondary N) is 1. The van der Waals surface area contributed by atoms with Crippen LogP contribution in [0, 0.1) is 0 Å². The lowest BCUT2D eigenvalue weighted by atomic mass is 10.2. The molecule has 0 aliphatic heterocycles. The predicted octanol–water partition coefficient (Wildman–Crippen LogP) is 2.79. The highest BCUT2D eigenvalue weighted by Gasteiger charge is 2.15. The Morgan fingerprint density at radius 1 is 1.38 bits per heavy atom. The molecule has 1 aromatic carbocycles. The lowest BCUT2D eigenvalue weighted by molar-refractivity contribution is 0.0523. The third-order valence-corrected chi connectivity index (χ3v) is 1.82. The zero-order chi connectivity index (χ0) is 12.2. The van der Waals surface area contributed by atoms with Crippen LogP contribution in [0.3, 0.4) is 0 Å². The highest BCUT2D eigenvalue weighted by atomic mass is 16.6. The summed E-state index contributed by atoms with van der Waals surface area (Å²) in [4.78, 5) is 11.3. The van der Waals surface area contributed by atoms with Crippen LogP contribution in [0.1, 0.15) is 29.2 Å². The van der Waals surface area contributed by atoms with Gasteiger partial charge in [0.25, 0.3) is 0 Å². The maximum absolute atomic E-state index is 11.3. The molecule has 0 bridgehead atoms. The Kier molecular flexibility index (Phi) is 3.77. The average Bonchev–Trinajstić information content (AvgIpc) is 2.14. The average molecular weight is 226 g/mol. The Balaban J connectivity index is 0. The third kappa shape index (κ3) is 4.68. The molecule has 0 unspecified atom stereocenters. The van der Waals surface area contributed by atoms with Gasteiger partial charge >= 0.3 is 6.09 Å². The molecule has 0 saturated heterocycles. The number of hydrogen-bond acceptors (Lipinski definition) is 3. The molecule has 0 aromatic heterocycles. The molecule has 0 heterocycles. The second-order valence-corrected chi connectivity index (χ2v) is 4.60. The van der Waals surface area contributed by atoms with Crippen LogP contribution in [0.15, 0.2) is 24.3 Å². The van der Waals surface area contributed by atoms with Crippen LogP contribution in [0.25, 0.3) is 0 Å². The highest BCUT2D eigenvalue weighted by molar-refractivity contribution is 5.67. The van der Waals surface area contributed by atoms with Crippen LogP contribution in [-0.4, -0.2) is 11.7 Å². The molecule has 0 atom stereocenters. The van der Waals surface area contributed by atoms with Gasteiger partial charge in [0.1, 0.15) is 5.60 Å². The number of carbonyl (C=O) groups is 1. The summed E-state index contributed by atoms with van der Waals surface area (Å²) < 4.78 is 5.11. The van der Waals surface area contributed by atoms with E-state index in [1.165, 1.54) is 0 Å². The Bertz CT molecular complexity index is 361. The van der Waals surface area contributed by atoms with E-state index in [1.807, 2.05) is 32.9 Å². The van der Waals surface area contributed by atoms with Crippen LogP contribution >= 0.6 is 0 Å². The lowest BCUT2D eigenvalue weighted by Gasteiger charge is -2.19. The number of alkyl carbamates (subject to hydrolysis) is 1. The van der Waals surface area contributed by atoms with Crippen molar-refractivity contribution in [3.63, 3.8) is 0 Å². The topological polar surface area (TPSA) is 64.3 Å². The maximum atomic E-state index is 11.3. The number of rotatable bonds is 2. The van der Waals surface area contributed by atoms with Crippen LogP contribution < -0.4 is 11.1 Å². The molecule has 0 fully saturated rings. The molecule has 3 N–H and O–H groups in total. The van der Waals surface area contributed by atoms with Gasteiger partial charge in [-0.05, 0) is 38.5 Å². The molecule has 16 heavy (non-hydrogen) atoms. The van der Waals surface area contributed by atoms with Gasteiger partial charge in [0, 0.05) is 15.1 Å². The van der Waals surface area contributed by atoms with Gasteiger partial charge in [-0.15, -0.1) is 0 Å². The Labute approximate surface area is 98.8 Å². The molecule has 0 aliphatic rings. The zero-order valence-corrected chi connectivity index (χ0v) is 9.91. The first kappa shape index (κ1) is 12.4. The van der Waals surface area contributed by atoms with Crippen LogP contribution in [0.4, 0.5) is 10.5 Å². The summed E-state index contributed by atoms with van der Waals surface area (Å²) in [6.45, 7) is 5.93. The van der Waals surface area contributed by atoms with Gasteiger partial charge in [0.15, 0.2) is 0 Å². The van der Waals surface area contributed by atoms with Crippen LogP contribution in [0.5, 0.6) is 0 Å². The maximum Gasteiger partial charge on any atom is 0.407 e. The number of nitrogen functional groups attached to an aromatic ring is 1. The second-order valence-electron chi connectivity index (χ2n) is 4.60. The van der Waals surface area contributed by atoms with Crippen molar-refractivity contribution in [3.05, 3.63) is 29.8 Å². The van der Waals surface area contributed by atoms with Crippen molar-refractivity contribution in [3.8, 4) is 0 Å². The quantitative estimate of drug-likeness (QED) is 0.762. The number of anilines is 1. The van der Waals surface area contributed by atoms with Gasteiger partial charge < -0.3 is 15.8 Å². The van der Waals surface area contributed by atoms with Gasteiger partial charge in [0.05, 0.1) is 0 Å². The van der Waals surface area contributed by atoms with E-state index in [0.717, 1.165) is 5.56 Å². The molecule has 0 radical (unpaired) electrons. The number of nitrogens with two attached hydrogens (primary N) is 1. The Morgan fingerprint density at radius 3 is 2.44 bits per heavy atom. The van der Waals surface area contributed by atoms with E-state index in [-0.39, 0.29) is 2.85 Å². The molecular weight excluding hydrogens is 204 g/mol. The standard InChI is InChI=1S/C12H18N2O2.2H2/c1-12(2,3)16-11(15)14-8-9-4-6-10(13)7-5-9;;/h4-7H,8,13H2,1-3H3,(H,14,15);2*1H. The number of ether oxygens (including phenoxy) is 1. The lowest BCUT2D eigenvalue weighted by Crippen LogP contribution is -2.32. The number of amides is 1. The second kappa shape index (κ2) is 4.88. The molecule has 0 aliphatic carbocycles. The molecule has 1 rings (SSSR count). The van der Waals surface area contributed by atoms with Crippen LogP contribution in [0.2, 0.25) is 0 Å². The van der Waals surface area contributed by atoms with Gasteiger partial charge in [0.2, 0.25) is 0 Å². The van der Waals surface area contributed by atoms with Gasteiger partial charge in [-0.2, -0.15) is 0 Å². The smallest absolute Gasteiger partial charge is 0.407 e. The summed E-state index contributed by atoms with van der Waals surface area (Å²) >= 11 is 0. The molecule has 4 heteroatoms. The van der Waals surface area contributed by atoms with Crippen molar-refractivity contribution in [2.24, 2.45) is 0 Å². The molecule has 1 amide bonds. The van der Waals surface area contributed by atoms with Crippen molar-refractivity contribution in [1.82, 2.24) is 5.32 Å². The van der Waals surface area contributed by atoms with E-state index >= 15 is 0 Å². The van der Waals surface area contributed by atoms with Crippen molar-refractivity contribution in [2.75, 3.05) is 5.73 Å². The first-order valence-electron chi connectivity index (χ1n) is 5.18. The highest BCUT2D eigenvalue weighted by Crippen LogP contribution is 2.08. The summed E-state index contributed by atoms with van der Waals surface area (Å²) in [6.07, 6.45) is -0.413. The number of hydrogen-bond donors (Lipinski definition) is 2. The van der Waals surface area contributed by atoms with Crippen molar-refractivity contribution in [1.29, 1.82) is 0 Å². The molecular formula is C12H22N2O2. The number of benzene rings is 1. The first-order chi connectivity index (χ1) is 7.37. The Hall–Kier alpha value is -1.71. The third-order valence-electron chi connectivity index (χ3n) is 1.82. The molecule has 0 saturated carbocycles. The summed E-state index contributed by atoms with van der Waals surface area (Å²) in [5.74, 6) is 0. The first-order valence-corrected chi connectivity index (χ1v) is 5.18. The predicted molar refractivity (Wildman–Crippen MR) is 68.2 cm³/mol. The molecule has 0 spiro atoms. The van der Waals surface area contributed by atoms with E-state index in [0.29, 0.717) is 12.2 Å². The van der Waals surface area contributed by atoms with Gasteiger partial charge in [-0.25, -0.2) is 4.79 Å². The monoisotopic (exact) mass is 226 g/mol. The van der Waals surface area contributed by atoms with E-state index in [1.54, 1.807) is 12.1 Å². The summed E-state index contributed by atoms with van der Waals surface area (Å²) in [7, 11) is 0. The van der Waals surface area contributed by atoms with E-state index in [9.17, 15) is 4.79 Å². The SMILES string of the molecule is CC(C)(C)OC(=O)NCc1ccc(N)cc1.[HH].[HH]. The zero-order valence-electron chi connectivity index (χ0n) is 9.91. The van der Waals surface area contributed by atoms with Crippen molar-refractivity contribution < 1.29 is 12.4 Å². The van der Waals surface area contributed by atoms with Crippen molar-refractivity contribution >= 4 is 11.8 Å². The fraction of sp³-hybridized carbons (Fsp3) is 0.417. The molecule has 92 valence electrons. The minimum Gasteiger partial charge on any atom is -0.444 e. The fourth-order valence-corrected chi connectivity index (χ4v) is 1.12. The van der Waals surface area contributed by atoms with E-state index in [2.05, 4.69) is 5.32 Å².